The topological polar surface area (TPSA) is 73.1 Å². The Hall–Kier alpha value is -2.02. The van der Waals surface area contributed by atoms with Crippen LogP contribution in [-0.4, -0.2) is 16.6 Å². The van der Waals surface area contributed by atoms with E-state index in [-0.39, 0.29) is 12.0 Å². The number of carboxylic acids is 1. The van der Waals surface area contributed by atoms with Gasteiger partial charge in [0.1, 0.15) is 0 Å². The second-order valence-electron chi connectivity index (χ2n) is 5.23. The van der Waals surface area contributed by atoms with E-state index in [0.29, 0.717) is 5.56 Å². The van der Waals surface area contributed by atoms with Crippen LogP contribution in [0.25, 0.3) is 0 Å². The zero-order valence-electron chi connectivity index (χ0n) is 10.9. The molecule has 4 heteroatoms. The Labute approximate surface area is 113 Å². The van der Waals surface area contributed by atoms with Crippen LogP contribution in [0, 0.1) is 11.3 Å². The first-order valence-electron chi connectivity index (χ1n) is 6.64. The van der Waals surface area contributed by atoms with Gasteiger partial charge in [-0.05, 0) is 37.1 Å². The van der Waals surface area contributed by atoms with Crippen LogP contribution in [0.15, 0.2) is 24.3 Å². The summed E-state index contributed by atoms with van der Waals surface area (Å²) < 4.78 is 0. The molecule has 0 heterocycles. The summed E-state index contributed by atoms with van der Waals surface area (Å²) in [5.74, 6) is -0.761. The number of hydrogen-bond acceptors (Lipinski definition) is 3. The molecule has 19 heavy (non-hydrogen) atoms. The minimum absolute atomic E-state index is 0.146. The van der Waals surface area contributed by atoms with Crippen LogP contribution < -0.4 is 5.32 Å². The van der Waals surface area contributed by atoms with Gasteiger partial charge in [0.15, 0.2) is 0 Å². The van der Waals surface area contributed by atoms with Crippen molar-refractivity contribution in [1.29, 1.82) is 5.26 Å². The Morgan fingerprint density at radius 2 is 1.89 bits per heavy atom. The lowest BCUT2D eigenvalue weighted by Gasteiger charge is -2.38. The van der Waals surface area contributed by atoms with E-state index < -0.39 is 5.97 Å². The summed E-state index contributed by atoms with van der Waals surface area (Å²) >= 11 is 0. The van der Waals surface area contributed by atoms with E-state index in [4.69, 9.17) is 10.4 Å². The third-order valence-corrected chi connectivity index (χ3v) is 3.72. The van der Waals surface area contributed by atoms with Crippen molar-refractivity contribution < 1.29 is 9.90 Å². The fourth-order valence-corrected chi connectivity index (χ4v) is 2.80. The lowest BCUT2D eigenvalue weighted by atomic mass is 9.79. The van der Waals surface area contributed by atoms with Crippen molar-refractivity contribution >= 4 is 11.7 Å². The van der Waals surface area contributed by atoms with Crippen molar-refractivity contribution in [2.45, 2.75) is 44.1 Å². The molecule has 0 amide bonds. The number of rotatable bonds is 4. The Morgan fingerprint density at radius 3 is 2.42 bits per heavy atom. The van der Waals surface area contributed by atoms with Crippen molar-refractivity contribution in [1.82, 2.24) is 0 Å². The highest BCUT2D eigenvalue weighted by Crippen LogP contribution is 2.34. The summed E-state index contributed by atoms with van der Waals surface area (Å²) in [5, 5.41) is 21.3. The average Bonchev–Trinajstić information content (AvgIpc) is 2.39. The van der Waals surface area contributed by atoms with Gasteiger partial charge < -0.3 is 10.4 Å². The van der Waals surface area contributed by atoms with Gasteiger partial charge in [0.05, 0.1) is 18.1 Å². The highest BCUT2D eigenvalue weighted by molar-refractivity contribution is 5.69. The Morgan fingerprint density at radius 1 is 1.26 bits per heavy atom. The highest BCUT2D eigenvalue weighted by Gasteiger charge is 2.34. The molecule has 1 aromatic carbocycles. The first-order valence-corrected chi connectivity index (χ1v) is 6.64. The van der Waals surface area contributed by atoms with Gasteiger partial charge in [0.25, 0.3) is 0 Å². The molecule has 1 aliphatic rings. The Bertz CT molecular complexity index is 482. The van der Waals surface area contributed by atoms with Gasteiger partial charge in [-0.2, -0.15) is 5.26 Å². The number of carboxylic acid groups (broad SMARTS) is 1. The molecule has 0 aromatic heterocycles. The quantitative estimate of drug-likeness (QED) is 0.870. The first kappa shape index (κ1) is 13.4. The molecule has 1 aliphatic carbocycles. The number of aliphatic carboxylic acids is 1. The fraction of sp³-hybridized carbons (Fsp3) is 0.467. The number of anilines is 1. The summed E-state index contributed by atoms with van der Waals surface area (Å²) in [6.45, 7) is 0. The van der Waals surface area contributed by atoms with E-state index in [1.54, 1.807) is 12.1 Å². The third-order valence-electron chi connectivity index (χ3n) is 3.72. The monoisotopic (exact) mass is 258 g/mol. The molecule has 0 spiro atoms. The summed E-state index contributed by atoms with van der Waals surface area (Å²) in [6.07, 6.45) is 5.23. The summed E-state index contributed by atoms with van der Waals surface area (Å²) in [6, 6.07) is 9.26. The van der Waals surface area contributed by atoms with Crippen molar-refractivity contribution in [2.24, 2.45) is 0 Å². The summed E-state index contributed by atoms with van der Waals surface area (Å²) in [7, 11) is 0. The second-order valence-corrected chi connectivity index (χ2v) is 5.23. The van der Waals surface area contributed by atoms with Crippen LogP contribution in [0.3, 0.4) is 0 Å². The zero-order valence-corrected chi connectivity index (χ0v) is 10.9. The van der Waals surface area contributed by atoms with Gasteiger partial charge in [-0.3, -0.25) is 4.79 Å². The molecule has 0 aliphatic heterocycles. The van der Waals surface area contributed by atoms with Crippen LogP contribution in [0.4, 0.5) is 5.69 Å². The van der Waals surface area contributed by atoms with E-state index in [0.717, 1.165) is 31.4 Å². The van der Waals surface area contributed by atoms with Gasteiger partial charge in [-0.25, -0.2) is 0 Å². The number of nitriles is 1. The minimum Gasteiger partial charge on any atom is -0.481 e. The van der Waals surface area contributed by atoms with Gasteiger partial charge >= 0.3 is 5.97 Å². The molecule has 0 saturated heterocycles. The van der Waals surface area contributed by atoms with Crippen molar-refractivity contribution in [3.63, 3.8) is 0 Å². The number of benzene rings is 1. The summed E-state index contributed by atoms with van der Waals surface area (Å²) in [4.78, 5) is 11.1. The van der Waals surface area contributed by atoms with Gasteiger partial charge in [0.2, 0.25) is 0 Å². The predicted molar refractivity (Wildman–Crippen MR) is 72.8 cm³/mol. The van der Waals surface area contributed by atoms with Crippen molar-refractivity contribution in [3.05, 3.63) is 29.8 Å². The Kier molecular flexibility index (Phi) is 4.06. The minimum atomic E-state index is -0.761. The lowest BCUT2D eigenvalue weighted by molar-refractivity contribution is -0.138. The molecule has 1 saturated carbocycles. The first-order chi connectivity index (χ1) is 9.13. The average molecular weight is 258 g/mol. The molecule has 2 N–H and O–H groups in total. The van der Waals surface area contributed by atoms with E-state index in [2.05, 4.69) is 11.4 Å². The van der Waals surface area contributed by atoms with E-state index in [1.165, 1.54) is 6.42 Å². The molecule has 0 radical (unpaired) electrons. The fourth-order valence-electron chi connectivity index (χ4n) is 2.80. The van der Waals surface area contributed by atoms with E-state index in [9.17, 15) is 4.79 Å². The van der Waals surface area contributed by atoms with Crippen LogP contribution in [0.5, 0.6) is 0 Å². The van der Waals surface area contributed by atoms with Crippen LogP contribution in [-0.2, 0) is 4.79 Å². The molecule has 0 bridgehead atoms. The Balaban J connectivity index is 2.14. The number of nitrogens with zero attached hydrogens (tertiary/aromatic N) is 1. The smallest absolute Gasteiger partial charge is 0.305 e. The standard InChI is InChI=1S/C15H18N2O2/c16-11-12-4-6-13(7-5-12)17-15(10-14(18)19)8-2-1-3-9-15/h4-7,17H,1-3,8-10H2,(H,18,19). The molecule has 4 nitrogen and oxygen atoms in total. The van der Waals surface area contributed by atoms with Gasteiger partial charge in [0, 0.05) is 11.2 Å². The van der Waals surface area contributed by atoms with Crippen molar-refractivity contribution in [3.8, 4) is 6.07 Å². The highest BCUT2D eigenvalue weighted by atomic mass is 16.4. The largest absolute Gasteiger partial charge is 0.481 e. The molecular formula is C15H18N2O2. The number of hydrogen-bond donors (Lipinski definition) is 2. The molecule has 2 rings (SSSR count). The molecule has 0 atom stereocenters. The number of carbonyl (C=O) groups is 1. The molecule has 0 unspecified atom stereocenters. The maximum atomic E-state index is 11.1. The zero-order chi connectivity index (χ0) is 13.7. The van der Waals surface area contributed by atoms with Crippen LogP contribution in [0.2, 0.25) is 0 Å². The summed E-state index contributed by atoms with van der Waals surface area (Å²) in [5.41, 5.74) is 1.17. The predicted octanol–water partition coefficient (Wildman–Crippen LogP) is 3.15. The molecule has 1 fully saturated rings. The van der Waals surface area contributed by atoms with Crippen LogP contribution >= 0.6 is 0 Å². The van der Waals surface area contributed by atoms with Crippen LogP contribution in [0.1, 0.15) is 44.1 Å². The van der Waals surface area contributed by atoms with E-state index >= 15 is 0 Å². The van der Waals surface area contributed by atoms with E-state index in [1.807, 2.05) is 12.1 Å². The molecule has 1 aromatic rings. The van der Waals surface area contributed by atoms with Crippen molar-refractivity contribution in [2.75, 3.05) is 5.32 Å². The third kappa shape index (κ3) is 3.47. The maximum absolute atomic E-state index is 11.1. The normalized spacial score (nSPS) is 17.4. The SMILES string of the molecule is N#Cc1ccc(NC2(CC(=O)O)CCCCC2)cc1. The second kappa shape index (κ2) is 5.75. The number of nitrogens with one attached hydrogen (secondary N) is 1. The molecular weight excluding hydrogens is 240 g/mol. The van der Waals surface area contributed by atoms with Gasteiger partial charge in [-0.1, -0.05) is 19.3 Å². The molecule has 100 valence electrons. The lowest BCUT2D eigenvalue weighted by Crippen LogP contribution is -2.42. The van der Waals surface area contributed by atoms with Gasteiger partial charge in [-0.15, -0.1) is 0 Å². The maximum Gasteiger partial charge on any atom is 0.305 e.